The number of rotatable bonds is 5. The smallest absolute Gasteiger partial charge is 0.261 e. The number of aliphatic hydroxyl groups is 1. The molecule has 5 nitrogen and oxygen atoms in total. The van der Waals surface area contributed by atoms with Crippen molar-refractivity contribution in [1.82, 2.24) is 15.1 Å². The molecular formula is C14H21N3O2S. The highest BCUT2D eigenvalue weighted by atomic mass is 32.1. The highest BCUT2D eigenvalue weighted by molar-refractivity contribution is 7.20. The van der Waals surface area contributed by atoms with Crippen molar-refractivity contribution in [3.8, 4) is 0 Å². The number of nitrogens with zero attached hydrogens (tertiary/aromatic N) is 2. The molecule has 1 amide bonds. The van der Waals surface area contributed by atoms with Crippen LogP contribution < -0.4 is 5.32 Å². The normalized spacial score (nSPS) is 13.1. The lowest BCUT2D eigenvalue weighted by molar-refractivity contribution is 0.0919. The van der Waals surface area contributed by atoms with Gasteiger partial charge in [0.05, 0.1) is 23.2 Å². The van der Waals surface area contributed by atoms with E-state index >= 15 is 0 Å². The molecule has 0 saturated heterocycles. The standard InChI is InChI=1S/C14H21N3O2S/c1-5-9(7-18)15-13(19)11-6-10-12(8(2)3)16-17(4)14(10)20-11/h6,8-9,18H,5,7H2,1-4H3,(H,15,19). The van der Waals surface area contributed by atoms with Crippen LogP contribution in [0.1, 0.15) is 48.5 Å². The van der Waals surface area contributed by atoms with Gasteiger partial charge in [-0.3, -0.25) is 9.48 Å². The fourth-order valence-electron chi connectivity index (χ4n) is 2.14. The number of amides is 1. The summed E-state index contributed by atoms with van der Waals surface area (Å²) in [5.74, 6) is 0.201. The van der Waals surface area contributed by atoms with Crippen LogP contribution in [0.15, 0.2) is 6.07 Å². The molecule has 20 heavy (non-hydrogen) atoms. The molecule has 0 fully saturated rings. The highest BCUT2D eigenvalue weighted by Crippen LogP contribution is 2.31. The van der Waals surface area contributed by atoms with Gasteiger partial charge in [0.2, 0.25) is 0 Å². The second-order valence-electron chi connectivity index (χ2n) is 5.25. The molecule has 0 aliphatic heterocycles. The Morgan fingerprint density at radius 2 is 2.25 bits per heavy atom. The Labute approximate surface area is 122 Å². The van der Waals surface area contributed by atoms with Crippen LogP contribution in [0.5, 0.6) is 0 Å². The minimum absolute atomic E-state index is 0.0358. The van der Waals surface area contributed by atoms with Gasteiger partial charge in [-0.15, -0.1) is 11.3 Å². The summed E-state index contributed by atoms with van der Waals surface area (Å²) in [6.45, 7) is 6.09. The topological polar surface area (TPSA) is 67.2 Å². The Hall–Kier alpha value is -1.40. The average molecular weight is 295 g/mol. The number of nitrogens with one attached hydrogen (secondary N) is 1. The molecular weight excluding hydrogens is 274 g/mol. The van der Waals surface area contributed by atoms with Crippen molar-refractivity contribution in [2.45, 2.75) is 39.2 Å². The molecule has 6 heteroatoms. The first-order valence-corrected chi connectivity index (χ1v) is 7.67. The predicted octanol–water partition coefficient (Wildman–Crippen LogP) is 2.26. The Kier molecular flexibility index (Phi) is 4.45. The van der Waals surface area contributed by atoms with Crippen LogP contribution in [0.3, 0.4) is 0 Å². The Morgan fingerprint density at radius 3 is 2.80 bits per heavy atom. The molecule has 2 aromatic rings. The maximum absolute atomic E-state index is 12.2. The van der Waals surface area contributed by atoms with Gasteiger partial charge in [-0.1, -0.05) is 20.8 Å². The van der Waals surface area contributed by atoms with E-state index in [1.165, 1.54) is 11.3 Å². The van der Waals surface area contributed by atoms with E-state index in [1.807, 2.05) is 24.7 Å². The summed E-state index contributed by atoms with van der Waals surface area (Å²) in [7, 11) is 1.90. The van der Waals surface area contributed by atoms with Crippen molar-refractivity contribution < 1.29 is 9.90 Å². The number of thiophene rings is 1. The molecule has 1 unspecified atom stereocenters. The van der Waals surface area contributed by atoms with E-state index in [-0.39, 0.29) is 18.6 Å². The number of aliphatic hydroxyl groups excluding tert-OH is 1. The third kappa shape index (κ3) is 2.71. The van der Waals surface area contributed by atoms with Gasteiger partial charge in [0, 0.05) is 12.4 Å². The summed E-state index contributed by atoms with van der Waals surface area (Å²) in [6.07, 6.45) is 0.714. The number of hydrogen-bond acceptors (Lipinski definition) is 4. The number of aromatic nitrogens is 2. The Bertz CT molecular complexity index is 611. The van der Waals surface area contributed by atoms with E-state index in [1.54, 1.807) is 0 Å². The monoisotopic (exact) mass is 295 g/mol. The van der Waals surface area contributed by atoms with Crippen molar-refractivity contribution in [2.75, 3.05) is 6.61 Å². The lowest BCUT2D eigenvalue weighted by atomic mass is 10.1. The maximum Gasteiger partial charge on any atom is 0.261 e. The minimum Gasteiger partial charge on any atom is -0.394 e. The Morgan fingerprint density at radius 1 is 1.55 bits per heavy atom. The maximum atomic E-state index is 12.2. The van der Waals surface area contributed by atoms with Gasteiger partial charge in [-0.05, 0) is 18.4 Å². The SMILES string of the molecule is CCC(CO)NC(=O)c1cc2c(C(C)C)nn(C)c2s1. The zero-order valence-electron chi connectivity index (χ0n) is 12.3. The van der Waals surface area contributed by atoms with E-state index in [0.717, 1.165) is 15.9 Å². The molecule has 110 valence electrons. The van der Waals surface area contributed by atoms with E-state index in [4.69, 9.17) is 5.11 Å². The van der Waals surface area contributed by atoms with Gasteiger partial charge in [-0.25, -0.2) is 0 Å². The molecule has 0 aliphatic carbocycles. The highest BCUT2D eigenvalue weighted by Gasteiger charge is 2.19. The summed E-state index contributed by atoms with van der Waals surface area (Å²) >= 11 is 1.44. The number of carbonyl (C=O) groups excluding carboxylic acids is 1. The van der Waals surface area contributed by atoms with Crippen LogP contribution >= 0.6 is 11.3 Å². The predicted molar refractivity (Wildman–Crippen MR) is 81.3 cm³/mol. The van der Waals surface area contributed by atoms with E-state index in [2.05, 4.69) is 24.3 Å². The summed E-state index contributed by atoms with van der Waals surface area (Å²) in [5, 5.41) is 17.5. The average Bonchev–Trinajstić information content (AvgIpc) is 2.96. The molecule has 0 bridgehead atoms. The molecule has 0 aromatic carbocycles. The van der Waals surface area contributed by atoms with Gasteiger partial charge in [0.15, 0.2) is 0 Å². The summed E-state index contributed by atoms with van der Waals surface area (Å²) in [5.41, 5.74) is 1.02. The third-order valence-electron chi connectivity index (χ3n) is 3.36. The van der Waals surface area contributed by atoms with Crippen molar-refractivity contribution >= 4 is 27.5 Å². The lowest BCUT2D eigenvalue weighted by Gasteiger charge is -2.12. The molecule has 2 heterocycles. The lowest BCUT2D eigenvalue weighted by Crippen LogP contribution is -2.36. The zero-order valence-corrected chi connectivity index (χ0v) is 13.1. The van der Waals surface area contributed by atoms with Gasteiger partial charge < -0.3 is 10.4 Å². The number of carbonyl (C=O) groups is 1. The third-order valence-corrected chi connectivity index (χ3v) is 4.56. The number of hydrogen-bond donors (Lipinski definition) is 2. The molecule has 0 saturated carbocycles. The molecule has 2 rings (SSSR count). The van der Waals surface area contributed by atoms with Crippen LogP contribution in [-0.4, -0.2) is 33.4 Å². The summed E-state index contributed by atoms with van der Waals surface area (Å²) < 4.78 is 1.83. The molecule has 1 atom stereocenters. The first kappa shape index (κ1) is 15.0. The van der Waals surface area contributed by atoms with Crippen LogP contribution in [-0.2, 0) is 7.05 Å². The van der Waals surface area contributed by atoms with E-state index < -0.39 is 0 Å². The van der Waals surface area contributed by atoms with Crippen molar-refractivity contribution in [3.05, 3.63) is 16.6 Å². The second kappa shape index (κ2) is 5.93. The van der Waals surface area contributed by atoms with Crippen LogP contribution in [0, 0.1) is 0 Å². The molecule has 0 aliphatic rings. The first-order valence-electron chi connectivity index (χ1n) is 6.86. The molecule has 0 radical (unpaired) electrons. The van der Waals surface area contributed by atoms with Crippen LogP contribution in [0.4, 0.5) is 0 Å². The quantitative estimate of drug-likeness (QED) is 0.889. The van der Waals surface area contributed by atoms with Crippen molar-refractivity contribution in [2.24, 2.45) is 7.05 Å². The fourth-order valence-corrected chi connectivity index (χ4v) is 3.12. The zero-order chi connectivity index (χ0) is 14.9. The van der Waals surface area contributed by atoms with Crippen molar-refractivity contribution in [3.63, 3.8) is 0 Å². The minimum atomic E-state index is -0.185. The number of fused-ring (bicyclic) bond motifs is 1. The van der Waals surface area contributed by atoms with Gasteiger partial charge in [0.1, 0.15) is 4.83 Å². The molecule has 0 spiro atoms. The van der Waals surface area contributed by atoms with Crippen molar-refractivity contribution in [1.29, 1.82) is 0 Å². The van der Waals surface area contributed by atoms with E-state index in [0.29, 0.717) is 17.2 Å². The van der Waals surface area contributed by atoms with Crippen LogP contribution in [0.25, 0.3) is 10.2 Å². The van der Waals surface area contributed by atoms with E-state index in [9.17, 15) is 4.79 Å². The van der Waals surface area contributed by atoms with Gasteiger partial charge in [0.25, 0.3) is 5.91 Å². The molecule has 2 aromatic heterocycles. The second-order valence-corrected chi connectivity index (χ2v) is 6.28. The first-order chi connectivity index (χ1) is 9.47. The summed E-state index contributed by atoms with van der Waals surface area (Å²) in [4.78, 5) is 13.9. The summed E-state index contributed by atoms with van der Waals surface area (Å²) in [6, 6.07) is 1.72. The fraction of sp³-hybridized carbons (Fsp3) is 0.571. The Balaban J connectivity index is 2.32. The van der Waals surface area contributed by atoms with Crippen LogP contribution in [0.2, 0.25) is 0 Å². The van der Waals surface area contributed by atoms with Gasteiger partial charge >= 0.3 is 0 Å². The molecule has 2 N–H and O–H groups in total. The largest absolute Gasteiger partial charge is 0.394 e. The van der Waals surface area contributed by atoms with Gasteiger partial charge in [-0.2, -0.15) is 5.10 Å². The number of aryl methyl sites for hydroxylation is 1.